The van der Waals surface area contributed by atoms with E-state index in [1.807, 2.05) is 18.2 Å². The molecule has 0 radical (unpaired) electrons. The predicted octanol–water partition coefficient (Wildman–Crippen LogP) is 3.42. The molecule has 4 nitrogen and oxygen atoms in total. The summed E-state index contributed by atoms with van der Waals surface area (Å²) in [6.45, 7) is 2.13. The summed E-state index contributed by atoms with van der Waals surface area (Å²) in [5.41, 5.74) is 7.61. The van der Waals surface area contributed by atoms with Crippen molar-refractivity contribution in [2.75, 3.05) is 16.8 Å². The second-order valence-corrected chi connectivity index (χ2v) is 5.46. The average molecular weight is 287 g/mol. The van der Waals surface area contributed by atoms with Crippen LogP contribution >= 0.6 is 11.8 Å². The molecular formula is C15H17N3OS. The molecule has 0 saturated heterocycles. The van der Waals surface area contributed by atoms with E-state index >= 15 is 0 Å². The molecule has 104 valence electrons. The number of thioether (sulfide) groups is 1. The number of nitrogens with one attached hydrogen (secondary N) is 1. The predicted molar refractivity (Wildman–Crippen MR) is 84.1 cm³/mol. The molecule has 20 heavy (non-hydrogen) atoms. The fourth-order valence-electron chi connectivity index (χ4n) is 1.64. The van der Waals surface area contributed by atoms with Crippen LogP contribution in [0.4, 0.5) is 11.4 Å². The molecule has 1 aromatic heterocycles. The first-order valence-corrected chi connectivity index (χ1v) is 7.43. The molecule has 0 atom stereocenters. The lowest BCUT2D eigenvalue weighted by Gasteiger charge is -2.10. The van der Waals surface area contributed by atoms with Crippen molar-refractivity contribution in [3.63, 3.8) is 0 Å². The number of nitrogens with zero attached hydrogens (tertiary/aromatic N) is 1. The maximum absolute atomic E-state index is 12.1. The van der Waals surface area contributed by atoms with Gasteiger partial charge in [-0.25, -0.2) is 0 Å². The van der Waals surface area contributed by atoms with Crippen LogP contribution in [0, 0.1) is 0 Å². The van der Waals surface area contributed by atoms with Crippen LogP contribution in [0.2, 0.25) is 0 Å². The zero-order valence-electron chi connectivity index (χ0n) is 11.3. The summed E-state index contributed by atoms with van der Waals surface area (Å²) in [5.74, 6) is 0.836. The Morgan fingerprint density at radius 1 is 1.40 bits per heavy atom. The molecule has 0 spiro atoms. The number of amides is 1. The molecule has 1 heterocycles. The van der Waals surface area contributed by atoms with E-state index < -0.39 is 0 Å². The third kappa shape index (κ3) is 3.74. The van der Waals surface area contributed by atoms with E-state index in [9.17, 15) is 4.79 Å². The minimum atomic E-state index is -0.206. The summed E-state index contributed by atoms with van der Waals surface area (Å²) < 4.78 is 0. The average Bonchev–Trinajstić information content (AvgIpc) is 2.49. The lowest BCUT2D eigenvalue weighted by molar-refractivity contribution is 0.102. The van der Waals surface area contributed by atoms with Gasteiger partial charge in [0.05, 0.1) is 16.9 Å². The van der Waals surface area contributed by atoms with Gasteiger partial charge >= 0.3 is 0 Å². The lowest BCUT2D eigenvalue weighted by atomic mass is 10.2. The third-order valence-corrected chi connectivity index (χ3v) is 3.87. The summed E-state index contributed by atoms with van der Waals surface area (Å²) in [6.07, 6.45) is 4.26. The highest BCUT2D eigenvalue weighted by molar-refractivity contribution is 7.99. The van der Waals surface area contributed by atoms with E-state index in [2.05, 4.69) is 17.2 Å². The number of nitrogen functional groups attached to an aromatic ring is 1. The SMILES string of the molecule is CCCSc1ccc(N)c(NC(=O)c2cccnc2)c1. The number of hydrogen-bond donors (Lipinski definition) is 2. The maximum Gasteiger partial charge on any atom is 0.257 e. The second kappa shape index (κ2) is 6.96. The van der Waals surface area contributed by atoms with Gasteiger partial charge in [-0.3, -0.25) is 9.78 Å². The first kappa shape index (κ1) is 14.4. The lowest BCUT2D eigenvalue weighted by Crippen LogP contribution is -2.13. The summed E-state index contributed by atoms with van der Waals surface area (Å²) in [6, 6.07) is 9.14. The van der Waals surface area contributed by atoms with E-state index in [1.165, 1.54) is 6.20 Å². The summed E-state index contributed by atoms with van der Waals surface area (Å²) in [7, 11) is 0. The largest absolute Gasteiger partial charge is 0.397 e. The van der Waals surface area contributed by atoms with Crippen LogP contribution in [0.5, 0.6) is 0 Å². The number of anilines is 2. The van der Waals surface area contributed by atoms with Gasteiger partial charge in [0.15, 0.2) is 0 Å². The number of carbonyl (C=O) groups is 1. The Hall–Kier alpha value is -2.01. The Kier molecular flexibility index (Phi) is 5.01. The minimum absolute atomic E-state index is 0.206. The Morgan fingerprint density at radius 2 is 2.25 bits per heavy atom. The first-order chi connectivity index (χ1) is 9.70. The molecule has 0 saturated carbocycles. The molecule has 2 rings (SSSR count). The fourth-order valence-corrected chi connectivity index (χ4v) is 2.45. The molecule has 0 bridgehead atoms. The van der Waals surface area contributed by atoms with Crippen molar-refractivity contribution in [2.24, 2.45) is 0 Å². The Bertz CT molecular complexity index is 587. The molecule has 5 heteroatoms. The molecule has 3 N–H and O–H groups in total. The molecule has 0 aliphatic heterocycles. The molecule has 1 aromatic carbocycles. The van der Waals surface area contributed by atoms with E-state index in [0.717, 1.165) is 17.1 Å². The Labute approximate surface area is 122 Å². The van der Waals surface area contributed by atoms with Crippen molar-refractivity contribution < 1.29 is 4.79 Å². The van der Waals surface area contributed by atoms with Crippen LogP contribution in [-0.2, 0) is 0 Å². The number of aromatic nitrogens is 1. The van der Waals surface area contributed by atoms with E-state index in [-0.39, 0.29) is 5.91 Å². The van der Waals surface area contributed by atoms with Crippen molar-refractivity contribution in [1.29, 1.82) is 0 Å². The second-order valence-electron chi connectivity index (χ2n) is 4.29. The summed E-state index contributed by atoms with van der Waals surface area (Å²) in [4.78, 5) is 17.1. The normalized spacial score (nSPS) is 10.2. The van der Waals surface area contributed by atoms with Gasteiger partial charge in [0, 0.05) is 17.3 Å². The van der Waals surface area contributed by atoms with Crippen LogP contribution in [0.1, 0.15) is 23.7 Å². The quantitative estimate of drug-likeness (QED) is 0.653. The highest BCUT2D eigenvalue weighted by Gasteiger charge is 2.08. The van der Waals surface area contributed by atoms with Crippen molar-refractivity contribution in [3.8, 4) is 0 Å². The van der Waals surface area contributed by atoms with Gasteiger partial charge in [-0.1, -0.05) is 6.92 Å². The fraction of sp³-hybridized carbons (Fsp3) is 0.200. The number of hydrogen-bond acceptors (Lipinski definition) is 4. The zero-order valence-corrected chi connectivity index (χ0v) is 12.1. The van der Waals surface area contributed by atoms with Gasteiger partial charge in [-0.15, -0.1) is 11.8 Å². The summed E-state index contributed by atoms with van der Waals surface area (Å²) in [5, 5.41) is 2.83. The van der Waals surface area contributed by atoms with Gasteiger partial charge in [0.2, 0.25) is 0 Å². The van der Waals surface area contributed by atoms with Gasteiger partial charge in [-0.05, 0) is 42.5 Å². The van der Waals surface area contributed by atoms with Gasteiger partial charge in [-0.2, -0.15) is 0 Å². The van der Waals surface area contributed by atoms with E-state index in [0.29, 0.717) is 16.9 Å². The Balaban J connectivity index is 2.14. The number of benzene rings is 1. The highest BCUT2D eigenvalue weighted by atomic mass is 32.2. The Morgan fingerprint density at radius 3 is 2.95 bits per heavy atom. The van der Waals surface area contributed by atoms with Crippen molar-refractivity contribution >= 4 is 29.0 Å². The van der Waals surface area contributed by atoms with Crippen LogP contribution in [-0.4, -0.2) is 16.6 Å². The number of pyridine rings is 1. The summed E-state index contributed by atoms with van der Waals surface area (Å²) >= 11 is 1.75. The smallest absolute Gasteiger partial charge is 0.257 e. The molecular weight excluding hydrogens is 270 g/mol. The van der Waals surface area contributed by atoms with Crippen LogP contribution in [0.3, 0.4) is 0 Å². The van der Waals surface area contributed by atoms with Crippen molar-refractivity contribution in [2.45, 2.75) is 18.2 Å². The zero-order chi connectivity index (χ0) is 14.4. The van der Waals surface area contributed by atoms with Gasteiger partial charge < -0.3 is 11.1 Å². The standard InChI is InChI=1S/C15H17N3OS/c1-2-8-20-12-5-6-13(16)14(9-12)18-15(19)11-4-3-7-17-10-11/h3-7,9-10H,2,8,16H2,1H3,(H,18,19). The van der Waals surface area contributed by atoms with E-state index in [4.69, 9.17) is 5.73 Å². The maximum atomic E-state index is 12.1. The number of rotatable bonds is 5. The number of carbonyl (C=O) groups excluding carboxylic acids is 1. The molecule has 0 aliphatic rings. The molecule has 0 aliphatic carbocycles. The van der Waals surface area contributed by atoms with Gasteiger partial charge in [0.25, 0.3) is 5.91 Å². The molecule has 1 amide bonds. The van der Waals surface area contributed by atoms with Crippen molar-refractivity contribution in [3.05, 3.63) is 48.3 Å². The monoisotopic (exact) mass is 287 g/mol. The van der Waals surface area contributed by atoms with Crippen LogP contribution in [0.25, 0.3) is 0 Å². The van der Waals surface area contributed by atoms with Gasteiger partial charge in [0.1, 0.15) is 0 Å². The topological polar surface area (TPSA) is 68.0 Å². The van der Waals surface area contributed by atoms with Crippen LogP contribution < -0.4 is 11.1 Å². The number of nitrogens with two attached hydrogens (primary N) is 1. The van der Waals surface area contributed by atoms with Crippen LogP contribution in [0.15, 0.2) is 47.6 Å². The van der Waals surface area contributed by atoms with E-state index in [1.54, 1.807) is 30.1 Å². The van der Waals surface area contributed by atoms with Crippen molar-refractivity contribution in [1.82, 2.24) is 4.98 Å². The third-order valence-electron chi connectivity index (χ3n) is 2.67. The molecule has 0 unspecified atom stereocenters. The molecule has 0 fully saturated rings. The highest BCUT2D eigenvalue weighted by Crippen LogP contribution is 2.27. The molecule has 2 aromatic rings. The first-order valence-electron chi connectivity index (χ1n) is 6.44. The minimum Gasteiger partial charge on any atom is -0.397 e.